The van der Waals surface area contributed by atoms with Crippen LogP contribution in [0.15, 0.2) is 77.7 Å². The highest BCUT2D eigenvalue weighted by Gasteiger charge is 2.31. The molecule has 204 valence electrons. The molecule has 1 fully saturated rings. The van der Waals surface area contributed by atoms with Crippen molar-refractivity contribution in [3.05, 3.63) is 84.2 Å². The molecule has 0 saturated carbocycles. The number of nitrogens with zero attached hydrogens (tertiary/aromatic N) is 4. The fourth-order valence-corrected chi connectivity index (χ4v) is 6.30. The van der Waals surface area contributed by atoms with E-state index < -0.39 is 10.0 Å². The number of piperazine rings is 1. The van der Waals surface area contributed by atoms with Crippen molar-refractivity contribution >= 4 is 32.4 Å². The first-order chi connectivity index (χ1) is 18.8. The standard InChI is InChI=1S/C30H35N5O3S/c1-21(2)23-12-14-26(15-13-23)39(36,37)35-18-16-34(17-19-35)22(3)29-32-28-11-6-5-10-27(28)30(33-29)31-24-8-7-9-25(20-24)38-4/h5-15,20-22H,16-19H2,1-4H3,(H,31,32,33)/t22-/m0/s1. The van der Waals surface area contributed by atoms with Crippen molar-refractivity contribution in [3.8, 4) is 5.75 Å². The van der Waals surface area contributed by atoms with Gasteiger partial charge in [0.05, 0.1) is 23.6 Å². The maximum Gasteiger partial charge on any atom is 0.243 e. The number of methoxy groups -OCH3 is 1. The van der Waals surface area contributed by atoms with Gasteiger partial charge in [0.1, 0.15) is 17.4 Å². The number of hydrogen-bond acceptors (Lipinski definition) is 7. The number of para-hydroxylation sites is 1. The van der Waals surface area contributed by atoms with Crippen LogP contribution in [0.2, 0.25) is 0 Å². The number of ether oxygens (including phenoxy) is 1. The van der Waals surface area contributed by atoms with Crippen molar-refractivity contribution in [2.75, 3.05) is 38.6 Å². The van der Waals surface area contributed by atoms with Gasteiger partial charge in [0, 0.05) is 43.3 Å². The van der Waals surface area contributed by atoms with Crippen LogP contribution in [0.25, 0.3) is 10.9 Å². The Morgan fingerprint density at radius 3 is 2.28 bits per heavy atom. The van der Waals surface area contributed by atoms with Crippen LogP contribution in [0.1, 0.15) is 44.1 Å². The normalized spacial score (nSPS) is 15.9. The zero-order valence-corrected chi connectivity index (χ0v) is 23.6. The third-order valence-corrected chi connectivity index (χ3v) is 9.25. The van der Waals surface area contributed by atoms with Crippen molar-refractivity contribution in [2.24, 2.45) is 0 Å². The highest BCUT2D eigenvalue weighted by molar-refractivity contribution is 7.89. The third kappa shape index (κ3) is 5.75. The summed E-state index contributed by atoms with van der Waals surface area (Å²) < 4.78 is 33.5. The van der Waals surface area contributed by atoms with E-state index in [0.717, 1.165) is 33.7 Å². The average molecular weight is 546 g/mol. The molecule has 1 saturated heterocycles. The topological polar surface area (TPSA) is 87.7 Å². The lowest BCUT2D eigenvalue weighted by molar-refractivity contribution is 0.141. The lowest BCUT2D eigenvalue weighted by Crippen LogP contribution is -2.49. The monoisotopic (exact) mass is 545 g/mol. The molecular formula is C30H35N5O3S. The van der Waals surface area contributed by atoms with Crippen molar-refractivity contribution in [3.63, 3.8) is 0 Å². The highest BCUT2D eigenvalue weighted by atomic mass is 32.2. The summed E-state index contributed by atoms with van der Waals surface area (Å²) in [6, 6.07) is 22.8. The molecule has 9 heteroatoms. The summed E-state index contributed by atoms with van der Waals surface area (Å²) in [5, 5.41) is 4.37. The summed E-state index contributed by atoms with van der Waals surface area (Å²) in [5.41, 5.74) is 2.85. The van der Waals surface area contributed by atoms with Gasteiger partial charge < -0.3 is 10.1 Å². The Morgan fingerprint density at radius 2 is 1.59 bits per heavy atom. The smallest absolute Gasteiger partial charge is 0.243 e. The highest BCUT2D eigenvalue weighted by Crippen LogP contribution is 2.29. The SMILES string of the molecule is COc1cccc(Nc2nc([C@H](C)N3CCN(S(=O)(=O)c4ccc(C(C)C)cc4)CC3)nc3ccccc23)c1. The molecule has 1 aliphatic rings. The number of aromatic nitrogens is 2. The average Bonchev–Trinajstić information content (AvgIpc) is 2.97. The second kappa shape index (κ2) is 11.3. The van der Waals surface area contributed by atoms with E-state index in [1.165, 1.54) is 0 Å². The lowest BCUT2D eigenvalue weighted by atomic mass is 10.0. The lowest BCUT2D eigenvalue weighted by Gasteiger charge is -2.37. The summed E-state index contributed by atoms with van der Waals surface area (Å²) in [6.45, 7) is 8.30. The number of anilines is 2. The van der Waals surface area contributed by atoms with Crippen LogP contribution in [0.3, 0.4) is 0 Å². The van der Waals surface area contributed by atoms with Gasteiger partial charge in [0.15, 0.2) is 0 Å². The van der Waals surface area contributed by atoms with E-state index in [0.29, 0.717) is 42.8 Å². The molecule has 1 N–H and O–H groups in total. The summed E-state index contributed by atoms with van der Waals surface area (Å²) in [6.07, 6.45) is 0. The number of fused-ring (bicyclic) bond motifs is 1. The summed E-state index contributed by atoms with van der Waals surface area (Å²) in [4.78, 5) is 12.4. The molecule has 0 unspecified atom stereocenters. The molecule has 1 atom stereocenters. The summed E-state index contributed by atoms with van der Waals surface area (Å²) in [7, 11) is -1.89. The summed E-state index contributed by atoms with van der Waals surface area (Å²) >= 11 is 0. The van der Waals surface area contributed by atoms with Crippen LogP contribution < -0.4 is 10.1 Å². The Labute approximate surface area is 230 Å². The second-order valence-electron chi connectivity index (χ2n) is 10.1. The van der Waals surface area contributed by atoms with Gasteiger partial charge in [-0.2, -0.15) is 4.31 Å². The van der Waals surface area contributed by atoms with Gasteiger partial charge >= 0.3 is 0 Å². The fraction of sp³-hybridized carbons (Fsp3) is 0.333. The number of sulfonamides is 1. The Bertz CT molecular complexity index is 1550. The predicted octanol–water partition coefficient (Wildman–Crippen LogP) is 5.57. The fourth-order valence-electron chi connectivity index (χ4n) is 4.88. The second-order valence-corrected chi connectivity index (χ2v) is 12.1. The molecule has 0 amide bonds. The van der Waals surface area contributed by atoms with Gasteiger partial charge in [0.2, 0.25) is 10.0 Å². The quantitative estimate of drug-likeness (QED) is 0.310. The summed E-state index contributed by atoms with van der Waals surface area (Å²) in [5.74, 6) is 2.53. The van der Waals surface area contributed by atoms with Gasteiger partial charge in [-0.15, -0.1) is 0 Å². The molecule has 0 radical (unpaired) electrons. The molecule has 4 aromatic rings. The first kappa shape index (κ1) is 27.1. The van der Waals surface area contributed by atoms with Crippen LogP contribution in [0.5, 0.6) is 5.75 Å². The van der Waals surface area contributed by atoms with E-state index in [2.05, 4.69) is 31.0 Å². The minimum Gasteiger partial charge on any atom is -0.497 e. The Kier molecular flexibility index (Phi) is 7.83. The number of benzene rings is 3. The van der Waals surface area contributed by atoms with E-state index in [4.69, 9.17) is 14.7 Å². The zero-order valence-electron chi connectivity index (χ0n) is 22.8. The largest absolute Gasteiger partial charge is 0.497 e. The van der Waals surface area contributed by atoms with Crippen molar-refractivity contribution < 1.29 is 13.2 Å². The van der Waals surface area contributed by atoms with E-state index in [1.54, 1.807) is 23.5 Å². The first-order valence-electron chi connectivity index (χ1n) is 13.3. The van der Waals surface area contributed by atoms with Gasteiger partial charge in [-0.25, -0.2) is 18.4 Å². The Balaban J connectivity index is 1.34. The van der Waals surface area contributed by atoms with E-state index in [1.807, 2.05) is 60.7 Å². The van der Waals surface area contributed by atoms with E-state index >= 15 is 0 Å². The van der Waals surface area contributed by atoms with Crippen molar-refractivity contribution in [1.82, 2.24) is 19.2 Å². The van der Waals surface area contributed by atoms with Crippen LogP contribution in [-0.2, 0) is 10.0 Å². The molecule has 0 spiro atoms. The number of rotatable bonds is 8. The van der Waals surface area contributed by atoms with Gasteiger partial charge in [-0.3, -0.25) is 4.90 Å². The molecule has 0 aliphatic carbocycles. The van der Waals surface area contributed by atoms with Crippen molar-refractivity contribution in [2.45, 2.75) is 37.6 Å². The number of hydrogen-bond donors (Lipinski definition) is 1. The van der Waals surface area contributed by atoms with Crippen molar-refractivity contribution in [1.29, 1.82) is 0 Å². The molecule has 3 aromatic carbocycles. The van der Waals surface area contributed by atoms with Crippen LogP contribution >= 0.6 is 0 Å². The van der Waals surface area contributed by atoms with Gasteiger partial charge in [-0.1, -0.05) is 44.2 Å². The van der Waals surface area contributed by atoms with Gasteiger partial charge in [-0.05, 0) is 54.8 Å². The Morgan fingerprint density at radius 1 is 0.872 bits per heavy atom. The molecular weight excluding hydrogens is 510 g/mol. The van der Waals surface area contributed by atoms with E-state index in [-0.39, 0.29) is 6.04 Å². The first-order valence-corrected chi connectivity index (χ1v) is 14.7. The molecule has 5 rings (SSSR count). The van der Waals surface area contributed by atoms with E-state index in [9.17, 15) is 8.42 Å². The predicted molar refractivity (Wildman–Crippen MR) is 155 cm³/mol. The zero-order chi connectivity index (χ0) is 27.6. The third-order valence-electron chi connectivity index (χ3n) is 7.33. The minimum absolute atomic E-state index is 0.0874. The van der Waals surface area contributed by atoms with Gasteiger partial charge in [0.25, 0.3) is 0 Å². The molecule has 2 heterocycles. The van der Waals surface area contributed by atoms with Crippen LogP contribution in [0, 0.1) is 0 Å². The molecule has 1 aromatic heterocycles. The molecule has 8 nitrogen and oxygen atoms in total. The maximum atomic E-state index is 13.3. The molecule has 39 heavy (non-hydrogen) atoms. The molecule has 1 aliphatic heterocycles. The molecule has 0 bridgehead atoms. The van der Waals surface area contributed by atoms with Crippen LogP contribution in [0.4, 0.5) is 11.5 Å². The minimum atomic E-state index is -3.54. The Hall–Kier alpha value is -3.53. The number of nitrogens with one attached hydrogen (secondary N) is 1. The van der Waals surface area contributed by atoms with Crippen LogP contribution in [-0.4, -0.2) is 60.9 Å². The maximum absolute atomic E-state index is 13.3.